The van der Waals surface area contributed by atoms with Crippen molar-refractivity contribution in [1.29, 1.82) is 0 Å². The third-order valence-electron chi connectivity index (χ3n) is 0.211. The molecule has 0 aliphatic rings. The Kier molecular flexibility index (Phi) is 17.9. The molecule has 9 heteroatoms. The monoisotopic (exact) mass is 323 g/mol. The summed E-state index contributed by atoms with van der Waals surface area (Å²) in [4.78, 5) is 10.7. The van der Waals surface area contributed by atoms with E-state index in [-0.39, 0.29) is 4.84 Å². The Hall–Kier alpha value is 1.15. The summed E-state index contributed by atoms with van der Waals surface area (Å²) >= 11 is 23.9. The maximum atomic E-state index is 9.51. The van der Waals surface area contributed by atoms with Gasteiger partial charge in [-0.25, -0.2) is 0 Å². The molecular formula is C5H11Cl5NO2P. The molecule has 0 atom stereocenters. The molecule has 0 aliphatic carbocycles. The molecule has 0 unspecified atom stereocenters. The molecule has 0 aliphatic heterocycles. The molecule has 0 rings (SSSR count). The summed E-state index contributed by atoms with van der Waals surface area (Å²) in [6.45, 7) is 1.70. The van der Waals surface area contributed by atoms with E-state index in [4.69, 9.17) is 23.2 Å². The maximum absolute atomic E-state index is 9.51. The van der Waals surface area contributed by atoms with E-state index in [1.807, 2.05) is 0 Å². The second-order valence-corrected chi connectivity index (χ2v) is 10.2. The van der Waals surface area contributed by atoms with Gasteiger partial charge in [0.15, 0.2) is 0 Å². The fraction of sp³-hybridized carbons (Fsp3) is 0.800. The van der Waals surface area contributed by atoms with E-state index in [1.165, 1.54) is 4.90 Å². The van der Waals surface area contributed by atoms with Crippen LogP contribution in [-0.4, -0.2) is 30.2 Å². The summed E-state index contributed by atoms with van der Waals surface area (Å²) in [6.07, 6.45) is 0.750. The highest BCUT2D eigenvalue weighted by Gasteiger charge is 2.02. The molecule has 0 aromatic rings. The van der Waals surface area contributed by atoms with Crippen molar-refractivity contribution in [3.8, 4) is 0 Å². The fourth-order valence-corrected chi connectivity index (χ4v) is 0. The number of hydrogen-bond donors (Lipinski definition) is 0. The molecule has 14 heavy (non-hydrogen) atoms. The van der Waals surface area contributed by atoms with Gasteiger partial charge in [-0.3, -0.25) is 9.36 Å². The molecule has 0 N–H and O–H groups in total. The number of rotatable bonds is 1. The van der Waals surface area contributed by atoms with Crippen LogP contribution in [0.5, 0.6) is 0 Å². The van der Waals surface area contributed by atoms with Crippen molar-refractivity contribution in [2.75, 3.05) is 14.1 Å². The number of amides is 1. The van der Waals surface area contributed by atoms with Crippen LogP contribution in [0.3, 0.4) is 0 Å². The van der Waals surface area contributed by atoms with E-state index in [0.717, 1.165) is 6.41 Å². The van der Waals surface area contributed by atoms with Crippen LogP contribution in [0.4, 0.5) is 0 Å². The molecule has 0 aromatic carbocycles. The highest BCUT2D eigenvalue weighted by molar-refractivity contribution is 8.24. The lowest BCUT2D eigenvalue weighted by Gasteiger charge is -1.93. The minimum absolute atomic E-state index is 0.222. The number of nitrogens with zero attached hydrogens (tertiary/aromatic N) is 1. The molecule has 0 heterocycles. The van der Waals surface area contributed by atoms with Crippen LogP contribution in [0.25, 0.3) is 0 Å². The first-order chi connectivity index (χ1) is 6.00. The number of halogens is 5. The molecule has 3 nitrogen and oxygen atoms in total. The molecule has 0 radical (unpaired) electrons. The van der Waals surface area contributed by atoms with Crippen molar-refractivity contribution in [2.24, 2.45) is 0 Å². The smallest absolute Gasteiger partial charge is 0.339 e. The predicted octanol–water partition coefficient (Wildman–Crippen LogP) is 4.33. The van der Waals surface area contributed by atoms with Gasteiger partial charge in [0.25, 0.3) is 0 Å². The molecule has 0 spiro atoms. The van der Waals surface area contributed by atoms with Crippen molar-refractivity contribution in [1.82, 2.24) is 4.90 Å². The molecule has 0 fully saturated rings. The van der Waals surface area contributed by atoms with Gasteiger partial charge < -0.3 is 4.90 Å². The van der Waals surface area contributed by atoms with E-state index < -0.39 is 5.20 Å². The van der Waals surface area contributed by atoms with Gasteiger partial charge in [-0.2, -0.15) is 0 Å². The van der Waals surface area contributed by atoms with Gasteiger partial charge >= 0.3 is 5.20 Å². The number of carbonyl (C=O) groups excluding carboxylic acids is 1. The summed E-state index contributed by atoms with van der Waals surface area (Å²) in [5.41, 5.74) is 0. The van der Waals surface area contributed by atoms with E-state index in [9.17, 15) is 9.36 Å². The van der Waals surface area contributed by atoms with Crippen LogP contribution >= 0.6 is 62.1 Å². The Morgan fingerprint density at radius 2 is 1.29 bits per heavy atom. The van der Waals surface area contributed by atoms with E-state index >= 15 is 0 Å². The zero-order valence-electron chi connectivity index (χ0n) is 7.76. The van der Waals surface area contributed by atoms with Gasteiger partial charge in [0.05, 0.1) is 0 Å². The largest absolute Gasteiger partial charge is 0.351 e. The van der Waals surface area contributed by atoms with Crippen LogP contribution in [0.2, 0.25) is 0 Å². The summed E-state index contributed by atoms with van der Waals surface area (Å²) in [6, 6.07) is 0. The van der Waals surface area contributed by atoms with Gasteiger partial charge in [-0.1, -0.05) is 0 Å². The maximum Gasteiger partial charge on any atom is 0.339 e. The third kappa shape index (κ3) is 196. The van der Waals surface area contributed by atoms with E-state index in [1.54, 1.807) is 21.0 Å². The van der Waals surface area contributed by atoms with Crippen molar-refractivity contribution >= 4 is 68.5 Å². The molecular weight excluding hydrogens is 314 g/mol. The highest BCUT2D eigenvalue weighted by Crippen LogP contribution is 2.61. The lowest BCUT2D eigenvalue weighted by molar-refractivity contribution is -0.115. The molecule has 0 aromatic heterocycles. The van der Waals surface area contributed by atoms with Crippen LogP contribution in [0.1, 0.15) is 6.92 Å². The van der Waals surface area contributed by atoms with Gasteiger partial charge in [0.2, 0.25) is 6.41 Å². The minimum Gasteiger partial charge on any atom is -0.351 e. The third-order valence-corrected chi connectivity index (χ3v) is 0.211. The fourth-order valence-electron chi connectivity index (χ4n) is 0. The molecule has 0 saturated heterocycles. The van der Waals surface area contributed by atoms with Crippen molar-refractivity contribution < 1.29 is 9.36 Å². The van der Waals surface area contributed by atoms with Crippen molar-refractivity contribution in [3.63, 3.8) is 0 Å². The molecule has 1 amide bonds. The molecule has 88 valence electrons. The topological polar surface area (TPSA) is 37.4 Å². The lowest BCUT2D eigenvalue weighted by atomic mass is 11.0. The Balaban J connectivity index is -0.000000131. The Morgan fingerprint density at radius 1 is 1.21 bits per heavy atom. The first kappa shape index (κ1) is 20.5. The Morgan fingerprint density at radius 3 is 1.29 bits per heavy atom. The lowest BCUT2D eigenvalue weighted by Crippen LogP contribution is -2.06. The average Bonchev–Trinajstić information content (AvgIpc) is 1.82. The summed E-state index contributed by atoms with van der Waals surface area (Å²) in [7, 11) is 3.38. The highest BCUT2D eigenvalue weighted by atomic mass is 36.0. The summed E-state index contributed by atoms with van der Waals surface area (Å²) < 4.78 is 9.51. The number of carbonyl (C=O) groups is 1. The van der Waals surface area contributed by atoms with Crippen LogP contribution < -0.4 is 0 Å². The summed E-state index contributed by atoms with van der Waals surface area (Å²) in [5, 5.41) is -3.22. The van der Waals surface area contributed by atoms with Gasteiger partial charge in [0.1, 0.15) is 4.84 Å². The quantitative estimate of drug-likeness (QED) is 0.409. The average molecular weight is 325 g/mol. The number of hydrogen-bond acceptors (Lipinski definition) is 2. The van der Waals surface area contributed by atoms with Crippen LogP contribution in [0, 0.1) is 0 Å². The Labute approximate surface area is 108 Å². The van der Waals surface area contributed by atoms with E-state index in [2.05, 4.69) is 33.7 Å². The van der Waals surface area contributed by atoms with Crippen molar-refractivity contribution in [3.05, 3.63) is 0 Å². The second kappa shape index (κ2) is 12.2. The predicted molar refractivity (Wildman–Crippen MR) is 66.1 cm³/mol. The first-order valence-corrected chi connectivity index (χ1v) is 8.39. The Bertz CT molecular complexity index is 160. The second-order valence-electron chi connectivity index (χ2n) is 1.99. The zero-order valence-corrected chi connectivity index (χ0v) is 12.4. The zero-order chi connectivity index (χ0) is 12.4. The van der Waals surface area contributed by atoms with Crippen molar-refractivity contribution in [2.45, 2.75) is 11.8 Å². The normalized spacial score (nSPS) is 9.21. The van der Waals surface area contributed by atoms with Gasteiger partial charge in [-0.05, 0) is 40.6 Å². The van der Waals surface area contributed by atoms with Crippen LogP contribution in [-0.2, 0) is 9.36 Å². The SMILES string of the molecule is CC(Cl)Cl.CN(C)C=O.O=P(Cl)(Cl)Cl. The van der Waals surface area contributed by atoms with Gasteiger partial charge in [-0.15, -0.1) is 23.2 Å². The van der Waals surface area contributed by atoms with Crippen LogP contribution in [0.15, 0.2) is 0 Å². The molecule has 0 saturated carbocycles. The minimum atomic E-state index is -3.22. The summed E-state index contributed by atoms with van der Waals surface area (Å²) in [5.74, 6) is 0. The molecule has 0 bridgehead atoms. The van der Waals surface area contributed by atoms with Gasteiger partial charge in [0, 0.05) is 14.1 Å². The number of alkyl halides is 2. The van der Waals surface area contributed by atoms with E-state index in [0.29, 0.717) is 0 Å². The standard InChI is InChI=1S/C3H7NO.C2H4Cl2.Cl3OP/c1-4(2)3-5;1-2(3)4;1-5(2,3)4/h3H,1-2H3;2H,1H3;. The first-order valence-electron chi connectivity index (χ1n) is 3.09.